The van der Waals surface area contributed by atoms with Crippen LogP contribution in [0.5, 0.6) is 11.5 Å². The van der Waals surface area contributed by atoms with E-state index in [0.717, 1.165) is 24.2 Å². The number of esters is 1. The smallest absolute Gasteiger partial charge is 0.338 e. The third kappa shape index (κ3) is 10.3. The maximum Gasteiger partial charge on any atom is 0.338 e. The number of halogens is 1. The molecule has 0 saturated carbocycles. The fraction of sp³-hybridized carbons (Fsp3) is 0.366. The van der Waals surface area contributed by atoms with Crippen molar-refractivity contribution in [3.63, 3.8) is 0 Å². The van der Waals surface area contributed by atoms with E-state index in [1.807, 2.05) is 62.4 Å². The number of Topliss-reactive ketones (excluding diaryl/α,β-unsaturated/α-hetero) is 1. The predicted molar refractivity (Wildman–Crippen MR) is 187 cm³/mol. The summed E-state index contributed by atoms with van der Waals surface area (Å²) in [6.07, 6.45) is 2.19. The fourth-order valence-corrected chi connectivity index (χ4v) is 4.96. The third-order valence-electron chi connectivity index (χ3n) is 8.87. The lowest BCUT2D eigenvalue weighted by molar-refractivity contribution is -0.00316. The van der Waals surface area contributed by atoms with E-state index in [1.165, 1.54) is 23.3 Å². The van der Waals surface area contributed by atoms with Crippen LogP contribution in [0.25, 0.3) is 0 Å². The molecule has 0 fully saturated rings. The van der Waals surface area contributed by atoms with Crippen molar-refractivity contribution in [1.29, 1.82) is 0 Å². The molecular formula is C41H49FO5. The number of phenols is 1. The van der Waals surface area contributed by atoms with Gasteiger partial charge in [0.15, 0.2) is 5.78 Å². The van der Waals surface area contributed by atoms with Crippen LogP contribution in [0.2, 0.25) is 0 Å². The monoisotopic (exact) mass is 640 g/mol. The van der Waals surface area contributed by atoms with Gasteiger partial charge < -0.3 is 14.6 Å². The Balaban J connectivity index is 0.000000210. The molecule has 0 saturated heterocycles. The Morgan fingerprint density at radius 2 is 1.34 bits per heavy atom. The van der Waals surface area contributed by atoms with E-state index in [9.17, 15) is 14.0 Å². The maximum atomic E-state index is 13.0. The molecule has 0 aromatic heterocycles. The van der Waals surface area contributed by atoms with E-state index in [2.05, 4.69) is 27.7 Å². The number of ether oxygens (including phenoxy) is 2. The Morgan fingerprint density at radius 1 is 0.830 bits per heavy atom. The molecule has 4 aromatic rings. The molecule has 47 heavy (non-hydrogen) atoms. The number of phenolic OH excluding ortho intramolecular Hbond substituents is 1. The minimum Gasteiger partial charge on any atom is -0.508 e. The van der Waals surface area contributed by atoms with Crippen LogP contribution >= 0.6 is 0 Å². The lowest BCUT2D eigenvalue weighted by Gasteiger charge is -2.27. The predicted octanol–water partition coefficient (Wildman–Crippen LogP) is 10.6. The number of carbonyl (C=O) groups excluding carboxylic acids is 2. The van der Waals surface area contributed by atoms with E-state index < -0.39 is 5.60 Å². The number of benzene rings is 4. The standard InChI is InChI=1S/C20H23FO2.C11H12O2.C10H14O/c1-5-14(2)15-6-8-16(9-7-15)19(22)23-20(3,4)17-10-12-18(21)13-11-17;1-7-8(2)13-10-6-4-3-5-9(10)11(7)12;1-3-8(2)9-4-6-10(11)7-5-9/h6-14H,5H2,1-4H3;3-8H,1-2H3;4-8,11H,3H2,1-2H3. The summed E-state index contributed by atoms with van der Waals surface area (Å²) in [5.41, 5.74) is 3.68. The van der Waals surface area contributed by atoms with Crippen molar-refractivity contribution >= 4 is 11.8 Å². The summed E-state index contributed by atoms with van der Waals surface area (Å²) < 4.78 is 24.2. The summed E-state index contributed by atoms with van der Waals surface area (Å²) in [7, 11) is 0. The van der Waals surface area contributed by atoms with Gasteiger partial charge in [-0.1, -0.05) is 83.1 Å². The normalized spacial score (nSPS) is 16.6. The molecule has 0 aliphatic carbocycles. The molecule has 1 heterocycles. The van der Waals surface area contributed by atoms with Gasteiger partial charge in [0.2, 0.25) is 0 Å². The van der Waals surface area contributed by atoms with E-state index >= 15 is 0 Å². The van der Waals surface area contributed by atoms with Crippen LogP contribution < -0.4 is 4.74 Å². The van der Waals surface area contributed by atoms with Gasteiger partial charge in [-0.3, -0.25) is 4.79 Å². The number of para-hydroxylation sites is 1. The molecule has 0 amide bonds. The van der Waals surface area contributed by atoms with Gasteiger partial charge in [0.1, 0.15) is 29.0 Å². The van der Waals surface area contributed by atoms with Crippen molar-refractivity contribution in [3.8, 4) is 11.5 Å². The van der Waals surface area contributed by atoms with Crippen molar-refractivity contribution in [3.05, 3.63) is 131 Å². The summed E-state index contributed by atoms with van der Waals surface area (Å²) in [6.45, 7) is 16.1. The Labute approximate surface area is 279 Å². The second-order valence-corrected chi connectivity index (χ2v) is 12.7. The third-order valence-corrected chi connectivity index (χ3v) is 8.87. The molecule has 0 bridgehead atoms. The van der Waals surface area contributed by atoms with E-state index in [0.29, 0.717) is 28.7 Å². The molecule has 6 heteroatoms. The van der Waals surface area contributed by atoms with Gasteiger partial charge in [0.05, 0.1) is 17.0 Å². The highest BCUT2D eigenvalue weighted by Crippen LogP contribution is 2.30. The summed E-state index contributed by atoms with van der Waals surface area (Å²) in [5, 5.41) is 9.01. The second-order valence-electron chi connectivity index (χ2n) is 12.7. The maximum absolute atomic E-state index is 13.0. The molecule has 1 N–H and O–H groups in total. The van der Waals surface area contributed by atoms with Gasteiger partial charge in [-0.15, -0.1) is 0 Å². The summed E-state index contributed by atoms with van der Waals surface area (Å²) in [6, 6.07) is 28.4. The molecular weight excluding hydrogens is 591 g/mol. The number of fused-ring (bicyclic) bond motifs is 1. The highest BCUT2D eigenvalue weighted by atomic mass is 19.1. The highest BCUT2D eigenvalue weighted by Gasteiger charge is 2.30. The molecule has 4 atom stereocenters. The summed E-state index contributed by atoms with van der Waals surface area (Å²) in [5.74, 6) is 1.59. The van der Waals surface area contributed by atoms with Crippen LogP contribution in [0.4, 0.5) is 4.39 Å². The van der Waals surface area contributed by atoms with Crippen molar-refractivity contribution in [2.24, 2.45) is 5.92 Å². The fourth-order valence-electron chi connectivity index (χ4n) is 4.96. The molecule has 1 aliphatic heterocycles. The Bertz CT molecular complexity index is 1580. The first-order valence-corrected chi connectivity index (χ1v) is 16.4. The van der Waals surface area contributed by atoms with Crippen molar-refractivity contribution in [1.82, 2.24) is 0 Å². The van der Waals surface area contributed by atoms with Gasteiger partial charge in [-0.2, -0.15) is 0 Å². The van der Waals surface area contributed by atoms with Gasteiger partial charge in [0, 0.05) is 0 Å². The van der Waals surface area contributed by atoms with Crippen LogP contribution in [-0.2, 0) is 10.3 Å². The van der Waals surface area contributed by atoms with Gasteiger partial charge in [-0.05, 0) is 111 Å². The molecule has 0 spiro atoms. The quantitative estimate of drug-likeness (QED) is 0.204. The zero-order valence-corrected chi connectivity index (χ0v) is 28.9. The topological polar surface area (TPSA) is 72.8 Å². The average Bonchev–Trinajstić information content (AvgIpc) is 3.07. The molecule has 5 nitrogen and oxygen atoms in total. The first-order valence-electron chi connectivity index (χ1n) is 16.4. The minimum absolute atomic E-state index is 0.0117. The van der Waals surface area contributed by atoms with E-state index in [4.69, 9.17) is 14.6 Å². The highest BCUT2D eigenvalue weighted by molar-refractivity contribution is 6.01. The summed E-state index contributed by atoms with van der Waals surface area (Å²) in [4.78, 5) is 24.1. The van der Waals surface area contributed by atoms with Gasteiger partial charge in [-0.25, -0.2) is 9.18 Å². The number of aromatic hydroxyl groups is 1. The van der Waals surface area contributed by atoms with E-state index in [-0.39, 0.29) is 29.6 Å². The summed E-state index contributed by atoms with van der Waals surface area (Å²) >= 11 is 0. The van der Waals surface area contributed by atoms with E-state index in [1.54, 1.807) is 50.2 Å². The number of hydrogen-bond acceptors (Lipinski definition) is 5. The minimum atomic E-state index is -0.819. The van der Waals surface area contributed by atoms with Gasteiger partial charge >= 0.3 is 5.97 Å². The average molecular weight is 641 g/mol. The Hall–Kier alpha value is -4.45. The number of carbonyl (C=O) groups is 2. The van der Waals surface area contributed by atoms with Gasteiger partial charge in [0.25, 0.3) is 0 Å². The zero-order chi connectivity index (χ0) is 34.7. The van der Waals surface area contributed by atoms with Crippen molar-refractivity contribution in [2.45, 2.75) is 91.8 Å². The zero-order valence-electron chi connectivity index (χ0n) is 28.9. The SMILES string of the molecule is CC1Oc2ccccc2C(=O)C1C.CCC(C)c1ccc(C(=O)OC(C)(C)c2ccc(F)cc2)cc1.CCC(C)c1ccc(O)cc1. The van der Waals surface area contributed by atoms with Crippen molar-refractivity contribution < 1.29 is 28.6 Å². The van der Waals surface area contributed by atoms with Crippen molar-refractivity contribution in [2.75, 3.05) is 0 Å². The molecule has 0 radical (unpaired) electrons. The lowest BCUT2D eigenvalue weighted by atomic mass is 9.92. The van der Waals surface area contributed by atoms with Crippen LogP contribution in [0.15, 0.2) is 97.1 Å². The first kappa shape index (κ1) is 37.0. The Morgan fingerprint density at radius 3 is 1.87 bits per heavy atom. The van der Waals surface area contributed by atoms with Crippen LogP contribution in [0, 0.1) is 11.7 Å². The molecule has 4 unspecified atom stereocenters. The first-order chi connectivity index (χ1) is 22.3. The number of rotatable bonds is 7. The Kier molecular flexibility index (Phi) is 13.3. The molecule has 250 valence electrons. The number of hydrogen-bond donors (Lipinski definition) is 1. The molecule has 4 aromatic carbocycles. The number of ketones is 1. The second kappa shape index (κ2) is 16.9. The molecule has 5 rings (SSSR count). The van der Waals surface area contributed by atoms with Crippen LogP contribution in [-0.4, -0.2) is 23.0 Å². The molecule has 1 aliphatic rings. The lowest BCUT2D eigenvalue weighted by Crippen LogP contribution is -2.33. The van der Waals surface area contributed by atoms with Crippen LogP contribution in [0.1, 0.15) is 117 Å². The largest absolute Gasteiger partial charge is 0.508 e. The van der Waals surface area contributed by atoms with Crippen LogP contribution in [0.3, 0.4) is 0 Å².